The number of hydrogen-bond acceptors (Lipinski definition) is 4. The molecule has 0 amide bonds. The maximum Gasteiger partial charge on any atom is 0.276 e. The van der Waals surface area contributed by atoms with Gasteiger partial charge in [0.1, 0.15) is 5.52 Å². The van der Waals surface area contributed by atoms with Gasteiger partial charge < -0.3 is 15.0 Å². The Morgan fingerprint density at radius 2 is 2.28 bits per heavy atom. The zero-order valence-electron chi connectivity index (χ0n) is 10.7. The van der Waals surface area contributed by atoms with Crippen LogP contribution in [0.25, 0.3) is 5.52 Å². The van der Waals surface area contributed by atoms with E-state index in [-0.39, 0.29) is 11.7 Å². The Morgan fingerprint density at radius 3 is 2.94 bits per heavy atom. The van der Waals surface area contributed by atoms with Crippen molar-refractivity contribution in [1.29, 1.82) is 0 Å². The van der Waals surface area contributed by atoms with Crippen molar-refractivity contribution in [3.05, 3.63) is 34.5 Å². The summed E-state index contributed by atoms with van der Waals surface area (Å²) in [5, 5.41) is 4.20. The number of aromatic nitrogens is 3. The molecule has 0 aliphatic rings. The summed E-state index contributed by atoms with van der Waals surface area (Å²) in [5.41, 5.74) is 6.94. The third-order valence-electron chi connectivity index (χ3n) is 2.79. The van der Waals surface area contributed by atoms with E-state index < -0.39 is 0 Å². The molecule has 0 bridgehead atoms. The Bertz CT molecular complexity index is 587. The number of ether oxygens (including phenoxy) is 1. The molecule has 0 aliphatic carbocycles. The molecule has 0 spiro atoms. The van der Waals surface area contributed by atoms with Crippen molar-refractivity contribution < 1.29 is 4.74 Å². The summed E-state index contributed by atoms with van der Waals surface area (Å²) >= 11 is 0. The average molecular weight is 250 g/mol. The SMILES string of the molecule is CCOC(CN)Cn1ccn2nc(C)cc2c1=O. The maximum absolute atomic E-state index is 12.2. The second kappa shape index (κ2) is 5.32. The van der Waals surface area contributed by atoms with Crippen LogP contribution in [0.2, 0.25) is 0 Å². The normalized spacial score (nSPS) is 13.1. The van der Waals surface area contributed by atoms with Crippen molar-refractivity contribution in [3.63, 3.8) is 0 Å². The molecule has 0 saturated heterocycles. The first kappa shape index (κ1) is 12.8. The minimum Gasteiger partial charge on any atom is -0.375 e. The molecule has 18 heavy (non-hydrogen) atoms. The zero-order chi connectivity index (χ0) is 13.1. The highest BCUT2D eigenvalue weighted by Gasteiger charge is 2.10. The predicted molar refractivity (Wildman–Crippen MR) is 68.7 cm³/mol. The highest BCUT2D eigenvalue weighted by Crippen LogP contribution is 2.01. The van der Waals surface area contributed by atoms with E-state index in [9.17, 15) is 4.79 Å². The van der Waals surface area contributed by atoms with Crippen LogP contribution in [0.4, 0.5) is 0 Å². The van der Waals surface area contributed by atoms with Crippen LogP contribution in [0.5, 0.6) is 0 Å². The van der Waals surface area contributed by atoms with Gasteiger partial charge in [-0.15, -0.1) is 0 Å². The average Bonchev–Trinajstić information content (AvgIpc) is 2.73. The molecule has 0 fully saturated rings. The first-order valence-corrected chi connectivity index (χ1v) is 6.02. The van der Waals surface area contributed by atoms with Gasteiger partial charge in [-0.2, -0.15) is 5.10 Å². The summed E-state index contributed by atoms with van der Waals surface area (Å²) in [6.07, 6.45) is 3.34. The summed E-state index contributed by atoms with van der Waals surface area (Å²) in [6.45, 7) is 5.22. The molecule has 6 heteroatoms. The summed E-state index contributed by atoms with van der Waals surface area (Å²) in [4.78, 5) is 12.2. The third-order valence-corrected chi connectivity index (χ3v) is 2.79. The Labute approximate surface area is 105 Å². The molecule has 0 saturated carbocycles. The number of nitrogens with two attached hydrogens (primary N) is 1. The number of nitrogens with zero attached hydrogens (tertiary/aromatic N) is 3. The fraction of sp³-hybridized carbons (Fsp3) is 0.500. The van der Waals surface area contributed by atoms with E-state index in [0.29, 0.717) is 25.2 Å². The van der Waals surface area contributed by atoms with Gasteiger partial charge in [0.15, 0.2) is 0 Å². The second-order valence-corrected chi connectivity index (χ2v) is 4.18. The van der Waals surface area contributed by atoms with Crippen molar-refractivity contribution >= 4 is 5.52 Å². The topological polar surface area (TPSA) is 74.6 Å². The van der Waals surface area contributed by atoms with Crippen molar-refractivity contribution in [3.8, 4) is 0 Å². The molecule has 2 N–H and O–H groups in total. The summed E-state index contributed by atoms with van der Waals surface area (Å²) in [6, 6.07) is 1.77. The molecule has 0 aromatic carbocycles. The molecule has 6 nitrogen and oxygen atoms in total. The van der Waals surface area contributed by atoms with E-state index in [1.807, 2.05) is 13.8 Å². The van der Waals surface area contributed by atoms with Gasteiger partial charge in [0.05, 0.1) is 18.3 Å². The fourth-order valence-electron chi connectivity index (χ4n) is 1.94. The minimum absolute atomic E-state index is 0.0729. The lowest BCUT2D eigenvalue weighted by Crippen LogP contribution is -2.33. The van der Waals surface area contributed by atoms with Gasteiger partial charge in [0.2, 0.25) is 0 Å². The number of hydrogen-bond donors (Lipinski definition) is 1. The molecule has 2 aromatic heterocycles. The second-order valence-electron chi connectivity index (χ2n) is 4.18. The van der Waals surface area contributed by atoms with E-state index in [0.717, 1.165) is 5.69 Å². The van der Waals surface area contributed by atoms with E-state index >= 15 is 0 Å². The standard InChI is InChI=1S/C12H18N4O2/c1-3-18-10(7-13)8-15-4-5-16-11(12(15)17)6-9(2)14-16/h4-6,10H,3,7-8,13H2,1-2H3. The monoisotopic (exact) mass is 250 g/mol. The van der Waals surface area contributed by atoms with E-state index in [1.165, 1.54) is 0 Å². The summed E-state index contributed by atoms with van der Waals surface area (Å²) in [7, 11) is 0. The van der Waals surface area contributed by atoms with E-state index in [2.05, 4.69) is 5.10 Å². The first-order chi connectivity index (χ1) is 8.65. The molecule has 98 valence electrons. The first-order valence-electron chi connectivity index (χ1n) is 6.02. The van der Waals surface area contributed by atoms with Gasteiger partial charge in [-0.3, -0.25) is 4.79 Å². The van der Waals surface area contributed by atoms with Crippen LogP contribution < -0.4 is 11.3 Å². The molecule has 0 radical (unpaired) electrons. The van der Waals surface area contributed by atoms with E-state index in [1.54, 1.807) is 27.5 Å². The van der Waals surface area contributed by atoms with Gasteiger partial charge in [-0.25, -0.2) is 4.52 Å². The van der Waals surface area contributed by atoms with E-state index in [4.69, 9.17) is 10.5 Å². The quantitative estimate of drug-likeness (QED) is 0.820. The number of rotatable bonds is 5. The molecule has 2 aromatic rings. The zero-order valence-corrected chi connectivity index (χ0v) is 10.7. The van der Waals surface area contributed by atoms with Crippen LogP contribution in [0.15, 0.2) is 23.3 Å². The Hall–Kier alpha value is -1.66. The number of aryl methyl sites for hydroxylation is 1. The third kappa shape index (κ3) is 2.44. The Balaban J connectivity index is 2.33. The molecule has 1 unspecified atom stereocenters. The molecule has 2 rings (SSSR count). The van der Waals surface area contributed by atoms with Crippen LogP contribution in [0.1, 0.15) is 12.6 Å². The number of fused-ring (bicyclic) bond motifs is 1. The lowest BCUT2D eigenvalue weighted by Gasteiger charge is -2.16. The van der Waals surface area contributed by atoms with Gasteiger partial charge >= 0.3 is 0 Å². The van der Waals surface area contributed by atoms with Crippen molar-refractivity contribution in [2.45, 2.75) is 26.5 Å². The van der Waals surface area contributed by atoms with Crippen molar-refractivity contribution in [1.82, 2.24) is 14.2 Å². The fourth-order valence-corrected chi connectivity index (χ4v) is 1.94. The van der Waals surface area contributed by atoms with Gasteiger partial charge in [-0.05, 0) is 19.9 Å². The van der Waals surface area contributed by atoms with Crippen LogP contribution in [0, 0.1) is 6.92 Å². The smallest absolute Gasteiger partial charge is 0.276 e. The van der Waals surface area contributed by atoms with Crippen LogP contribution in [-0.2, 0) is 11.3 Å². The Morgan fingerprint density at radius 1 is 1.50 bits per heavy atom. The molecule has 0 aliphatic heterocycles. The van der Waals surface area contributed by atoms with Gasteiger partial charge in [-0.1, -0.05) is 0 Å². The van der Waals surface area contributed by atoms with Crippen molar-refractivity contribution in [2.75, 3.05) is 13.2 Å². The largest absolute Gasteiger partial charge is 0.375 e. The van der Waals surface area contributed by atoms with Crippen molar-refractivity contribution in [2.24, 2.45) is 5.73 Å². The van der Waals surface area contributed by atoms with Crippen LogP contribution in [-0.4, -0.2) is 33.4 Å². The minimum atomic E-state index is -0.140. The highest BCUT2D eigenvalue weighted by atomic mass is 16.5. The van der Waals surface area contributed by atoms with Gasteiger partial charge in [0, 0.05) is 25.5 Å². The lowest BCUT2D eigenvalue weighted by atomic mass is 10.3. The molecular weight excluding hydrogens is 232 g/mol. The summed E-state index contributed by atoms with van der Waals surface area (Å²) in [5.74, 6) is 0. The Kier molecular flexibility index (Phi) is 3.78. The van der Waals surface area contributed by atoms with Crippen LogP contribution in [0.3, 0.4) is 0 Å². The molecule has 2 heterocycles. The summed E-state index contributed by atoms with van der Waals surface area (Å²) < 4.78 is 8.66. The van der Waals surface area contributed by atoms with Gasteiger partial charge in [0.25, 0.3) is 5.56 Å². The maximum atomic E-state index is 12.2. The predicted octanol–water partition coefficient (Wildman–Crippen LogP) is 0.168. The molecule has 1 atom stereocenters. The lowest BCUT2D eigenvalue weighted by molar-refractivity contribution is 0.0561. The molecular formula is C12H18N4O2. The highest BCUT2D eigenvalue weighted by molar-refractivity contribution is 5.44. The van der Waals surface area contributed by atoms with Crippen LogP contribution >= 0.6 is 0 Å².